The third-order valence-corrected chi connectivity index (χ3v) is 8.80. The van der Waals surface area contributed by atoms with Crippen LogP contribution in [0.4, 0.5) is 4.39 Å². The number of halogens is 1. The van der Waals surface area contributed by atoms with Crippen molar-refractivity contribution < 1.29 is 41.7 Å². The van der Waals surface area contributed by atoms with E-state index in [1.54, 1.807) is 37.5 Å². The van der Waals surface area contributed by atoms with Crippen molar-refractivity contribution in [2.45, 2.75) is 30.1 Å². The fourth-order valence-corrected chi connectivity index (χ4v) is 5.94. The summed E-state index contributed by atoms with van der Waals surface area (Å²) >= 11 is 0. The number of nitrogens with zero attached hydrogens (tertiary/aromatic N) is 1. The van der Waals surface area contributed by atoms with Gasteiger partial charge in [0.2, 0.25) is 16.3 Å². The Labute approximate surface area is 250 Å². The standard InChI is InChI=1S/C31H35FN2O8S/c1-39-26-9-5-23(6-10-26)24-19-29(31(36)33-21-22-3-7-25(32)8-4-22)42-30(20-24)41-18-16-34(15-17-35)43(37,38)28-13-11-27(40-2)12-14-28/h3-14,19,24,30,35H,15-18,20-21H2,1-2H3,(H,33,36)/t24-,30+/m0/s1. The molecule has 0 saturated heterocycles. The first kappa shape index (κ1) is 32.0. The number of hydrogen-bond donors (Lipinski definition) is 2. The fourth-order valence-electron chi connectivity index (χ4n) is 4.52. The molecule has 230 valence electrons. The quantitative estimate of drug-likeness (QED) is 0.283. The lowest BCUT2D eigenvalue weighted by Gasteiger charge is -2.30. The maximum Gasteiger partial charge on any atom is 0.286 e. The summed E-state index contributed by atoms with van der Waals surface area (Å²) in [7, 11) is -0.864. The lowest BCUT2D eigenvalue weighted by atomic mass is 9.93. The van der Waals surface area contributed by atoms with Gasteiger partial charge >= 0.3 is 0 Å². The van der Waals surface area contributed by atoms with Crippen LogP contribution in [0.5, 0.6) is 11.5 Å². The summed E-state index contributed by atoms with van der Waals surface area (Å²) in [6.07, 6.45) is 1.23. The Morgan fingerprint density at radius 1 is 0.977 bits per heavy atom. The molecule has 1 heterocycles. The summed E-state index contributed by atoms with van der Waals surface area (Å²) in [5.74, 6) is 0.171. The molecule has 1 amide bonds. The number of allylic oxidation sites excluding steroid dienone is 1. The molecular formula is C31H35FN2O8S. The minimum Gasteiger partial charge on any atom is -0.497 e. The molecular weight excluding hydrogens is 579 g/mol. The van der Waals surface area contributed by atoms with E-state index >= 15 is 0 Å². The van der Waals surface area contributed by atoms with Crippen LogP contribution in [0.25, 0.3) is 0 Å². The van der Waals surface area contributed by atoms with Crippen LogP contribution in [-0.2, 0) is 30.8 Å². The van der Waals surface area contributed by atoms with Gasteiger partial charge in [-0.15, -0.1) is 0 Å². The number of rotatable bonds is 14. The predicted octanol–water partition coefficient (Wildman–Crippen LogP) is 3.57. The number of carbonyl (C=O) groups is 1. The third kappa shape index (κ3) is 8.54. The zero-order valence-electron chi connectivity index (χ0n) is 23.9. The molecule has 0 fully saturated rings. The summed E-state index contributed by atoms with van der Waals surface area (Å²) in [6, 6.07) is 19.2. The van der Waals surface area contributed by atoms with Gasteiger partial charge in [0.1, 0.15) is 17.3 Å². The first-order chi connectivity index (χ1) is 20.7. The summed E-state index contributed by atoms with van der Waals surface area (Å²) in [5, 5.41) is 12.3. The average molecular weight is 615 g/mol. The van der Waals surface area contributed by atoms with Gasteiger partial charge in [-0.2, -0.15) is 4.31 Å². The molecule has 43 heavy (non-hydrogen) atoms. The molecule has 10 nitrogen and oxygen atoms in total. The van der Waals surface area contributed by atoms with Crippen molar-refractivity contribution in [3.05, 3.63) is 102 Å². The Kier molecular flexibility index (Phi) is 11.1. The Morgan fingerprint density at radius 3 is 2.21 bits per heavy atom. The van der Waals surface area contributed by atoms with Crippen LogP contribution >= 0.6 is 0 Å². The highest BCUT2D eigenvalue weighted by atomic mass is 32.2. The molecule has 4 rings (SSSR count). The lowest BCUT2D eigenvalue weighted by molar-refractivity contribution is -0.146. The van der Waals surface area contributed by atoms with Crippen molar-refractivity contribution in [2.75, 3.05) is 40.5 Å². The average Bonchev–Trinajstić information content (AvgIpc) is 3.03. The zero-order chi connectivity index (χ0) is 30.8. The number of methoxy groups -OCH3 is 2. The van der Waals surface area contributed by atoms with E-state index in [0.29, 0.717) is 23.5 Å². The molecule has 2 atom stereocenters. The maximum absolute atomic E-state index is 13.3. The molecule has 1 aliphatic heterocycles. The van der Waals surface area contributed by atoms with E-state index in [1.165, 1.54) is 31.4 Å². The van der Waals surface area contributed by atoms with Crippen molar-refractivity contribution in [3.63, 3.8) is 0 Å². The predicted molar refractivity (Wildman–Crippen MR) is 156 cm³/mol. The third-order valence-electron chi connectivity index (χ3n) is 6.88. The summed E-state index contributed by atoms with van der Waals surface area (Å²) in [6.45, 7) is -0.458. The van der Waals surface area contributed by atoms with Crippen molar-refractivity contribution in [1.29, 1.82) is 0 Å². The largest absolute Gasteiger partial charge is 0.497 e. The van der Waals surface area contributed by atoms with Gasteiger partial charge in [0, 0.05) is 32.0 Å². The summed E-state index contributed by atoms with van der Waals surface area (Å²) in [4.78, 5) is 13.1. The topological polar surface area (TPSA) is 124 Å². The Hall–Kier alpha value is -3.97. The maximum atomic E-state index is 13.3. The molecule has 2 N–H and O–H groups in total. The van der Waals surface area contributed by atoms with E-state index in [1.807, 2.05) is 24.3 Å². The molecule has 0 aromatic heterocycles. The number of nitrogens with one attached hydrogen (secondary N) is 1. The number of aliphatic hydroxyl groups excluding tert-OH is 1. The van der Waals surface area contributed by atoms with Crippen molar-refractivity contribution in [1.82, 2.24) is 9.62 Å². The number of hydrogen-bond acceptors (Lipinski definition) is 8. The van der Waals surface area contributed by atoms with Crippen LogP contribution in [0, 0.1) is 5.82 Å². The molecule has 0 bridgehead atoms. The number of benzene rings is 3. The lowest BCUT2D eigenvalue weighted by Crippen LogP contribution is -2.38. The van der Waals surface area contributed by atoms with Crippen LogP contribution in [0.2, 0.25) is 0 Å². The minimum atomic E-state index is -3.93. The van der Waals surface area contributed by atoms with Gasteiger partial charge < -0.3 is 29.4 Å². The number of aliphatic hydroxyl groups is 1. The molecule has 12 heteroatoms. The van der Waals surface area contributed by atoms with E-state index in [9.17, 15) is 22.7 Å². The van der Waals surface area contributed by atoms with Crippen molar-refractivity contribution in [3.8, 4) is 11.5 Å². The molecule has 0 aliphatic carbocycles. The highest BCUT2D eigenvalue weighted by Crippen LogP contribution is 2.32. The normalized spacial score (nSPS) is 16.7. The first-order valence-corrected chi connectivity index (χ1v) is 15.1. The smallest absolute Gasteiger partial charge is 0.286 e. The van der Waals surface area contributed by atoms with Gasteiger partial charge in [-0.05, 0) is 65.7 Å². The molecule has 1 aliphatic rings. The summed E-state index contributed by atoms with van der Waals surface area (Å²) < 4.78 is 63.1. The second kappa shape index (κ2) is 15.0. The highest BCUT2D eigenvalue weighted by molar-refractivity contribution is 7.89. The summed E-state index contributed by atoms with van der Waals surface area (Å²) in [5.41, 5.74) is 1.62. The highest BCUT2D eigenvalue weighted by Gasteiger charge is 2.30. The van der Waals surface area contributed by atoms with Crippen LogP contribution < -0.4 is 14.8 Å². The van der Waals surface area contributed by atoms with E-state index in [-0.39, 0.29) is 55.2 Å². The monoisotopic (exact) mass is 614 g/mol. The van der Waals surface area contributed by atoms with Gasteiger partial charge in [-0.1, -0.05) is 24.3 Å². The molecule has 0 spiro atoms. The van der Waals surface area contributed by atoms with Gasteiger partial charge in [-0.3, -0.25) is 4.79 Å². The second-order valence-corrected chi connectivity index (χ2v) is 11.6. The molecule has 0 saturated carbocycles. The number of amides is 1. The SMILES string of the molecule is COc1ccc([C@H]2C=C(C(=O)NCc3ccc(F)cc3)O[C@@H](OCCN(CCO)S(=O)(=O)c3ccc(OC)cc3)C2)cc1. The molecule has 3 aromatic rings. The number of sulfonamides is 1. The Balaban J connectivity index is 1.45. The van der Waals surface area contributed by atoms with Crippen molar-refractivity contribution >= 4 is 15.9 Å². The van der Waals surface area contributed by atoms with E-state index < -0.39 is 22.2 Å². The Morgan fingerprint density at radius 2 is 1.60 bits per heavy atom. The van der Waals surface area contributed by atoms with E-state index in [4.69, 9.17) is 18.9 Å². The van der Waals surface area contributed by atoms with Gasteiger partial charge in [0.15, 0.2) is 5.76 Å². The number of ether oxygens (including phenoxy) is 4. The first-order valence-electron chi connectivity index (χ1n) is 13.6. The van der Waals surface area contributed by atoms with Crippen LogP contribution in [-0.4, -0.2) is 70.5 Å². The van der Waals surface area contributed by atoms with Crippen LogP contribution in [0.3, 0.4) is 0 Å². The van der Waals surface area contributed by atoms with Gasteiger partial charge in [-0.25, -0.2) is 12.8 Å². The van der Waals surface area contributed by atoms with E-state index in [2.05, 4.69) is 5.32 Å². The van der Waals surface area contributed by atoms with Crippen molar-refractivity contribution in [2.24, 2.45) is 0 Å². The van der Waals surface area contributed by atoms with Gasteiger partial charge in [0.05, 0.1) is 32.3 Å². The fraction of sp³-hybridized carbons (Fsp3) is 0.323. The molecule has 3 aromatic carbocycles. The van der Waals surface area contributed by atoms with Crippen LogP contribution in [0.15, 0.2) is 89.5 Å². The van der Waals surface area contributed by atoms with E-state index in [0.717, 1.165) is 9.87 Å². The molecule has 0 unspecified atom stereocenters. The minimum absolute atomic E-state index is 0.0530. The number of carbonyl (C=O) groups excluding carboxylic acids is 1. The van der Waals surface area contributed by atoms with Gasteiger partial charge in [0.25, 0.3) is 5.91 Å². The van der Waals surface area contributed by atoms with Crippen LogP contribution in [0.1, 0.15) is 23.5 Å². The Bertz CT molecular complexity index is 1480. The second-order valence-electron chi connectivity index (χ2n) is 9.68. The molecule has 0 radical (unpaired) electrons. The zero-order valence-corrected chi connectivity index (χ0v) is 24.8.